The smallest absolute Gasteiger partial charge is 0.337 e. The monoisotopic (exact) mass is 419 g/mol. The predicted molar refractivity (Wildman–Crippen MR) is 115 cm³/mol. The molecule has 1 aromatic rings. The Morgan fingerprint density at radius 3 is 2.45 bits per heavy atom. The van der Waals surface area contributed by atoms with E-state index in [9.17, 15) is 9.59 Å². The number of hydrogen-bond donors (Lipinski definition) is 1. The highest BCUT2D eigenvalue weighted by Crippen LogP contribution is 2.32. The third-order valence-corrected chi connectivity index (χ3v) is 5.11. The lowest BCUT2D eigenvalue weighted by Crippen LogP contribution is -2.49. The van der Waals surface area contributed by atoms with Crippen molar-refractivity contribution in [2.24, 2.45) is 0 Å². The number of likely N-dealkylation sites (N-methyl/N-ethyl adjacent to an activating group) is 1. The summed E-state index contributed by atoms with van der Waals surface area (Å²) in [6, 6.07) is 6.61. The SMILES string of the molecule is CCOCCCN1C(=S)NC(c2ccc(C(=O)OC)cc2)C(C(=O)N(C)C)=C1C. The lowest BCUT2D eigenvalue weighted by atomic mass is 9.93. The lowest BCUT2D eigenvalue weighted by molar-refractivity contribution is -0.125. The second-order valence-electron chi connectivity index (χ2n) is 6.90. The van der Waals surface area contributed by atoms with Gasteiger partial charge in [0.2, 0.25) is 0 Å². The topological polar surface area (TPSA) is 71.1 Å². The van der Waals surface area contributed by atoms with Crippen molar-refractivity contribution in [3.05, 3.63) is 46.7 Å². The van der Waals surface area contributed by atoms with Crippen LogP contribution in [0.25, 0.3) is 0 Å². The van der Waals surface area contributed by atoms with Crippen LogP contribution in [0.15, 0.2) is 35.5 Å². The molecule has 1 atom stereocenters. The standard InChI is InChI=1S/C21H29N3O4S/c1-6-28-13-7-12-24-14(2)17(19(25)23(3)4)18(22-21(24)29)15-8-10-16(11-9-15)20(26)27-5/h8-11,18H,6-7,12-13H2,1-5H3,(H,22,29). The largest absolute Gasteiger partial charge is 0.465 e. The van der Waals surface area contributed by atoms with E-state index >= 15 is 0 Å². The Kier molecular flexibility index (Phi) is 8.16. The first-order valence-electron chi connectivity index (χ1n) is 9.58. The molecule has 1 aromatic carbocycles. The molecule has 1 aliphatic heterocycles. The Hall–Kier alpha value is -2.45. The first-order chi connectivity index (χ1) is 13.8. The summed E-state index contributed by atoms with van der Waals surface area (Å²) in [5, 5.41) is 3.86. The number of nitrogens with zero attached hydrogens (tertiary/aromatic N) is 2. The molecule has 7 nitrogen and oxygen atoms in total. The quantitative estimate of drug-likeness (QED) is 0.394. The van der Waals surface area contributed by atoms with Crippen LogP contribution in [0.1, 0.15) is 42.2 Å². The van der Waals surface area contributed by atoms with Crippen molar-refractivity contribution in [2.75, 3.05) is 41.0 Å². The van der Waals surface area contributed by atoms with Crippen molar-refractivity contribution in [3.8, 4) is 0 Å². The molecule has 1 heterocycles. The minimum Gasteiger partial charge on any atom is -0.465 e. The second-order valence-corrected chi connectivity index (χ2v) is 7.28. The van der Waals surface area contributed by atoms with E-state index in [1.165, 1.54) is 7.11 Å². The van der Waals surface area contributed by atoms with Crippen LogP contribution >= 0.6 is 12.2 Å². The van der Waals surface area contributed by atoms with Crippen LogP contribution in [0, 0.1) is 0 Å². The fourth-order valence-corrected chi connectivity index (χ4v) is 3.56. The summed E-state index contributed by atoms with van der Waals surface area (Å²) in [6.07, 6.45) is 0.801. The molecule has 1 N–H and O–H groups in total. The summed E-state index contributed by atoms with van der Waals surface area (Å²) >= 11 is 5.59. The van der Waals surface area contributed by atoms with E-state index in [2.05, 4.69) is 5.32 Å². The van der Waals surface area contributed by atoms with Gasteiger partial charge in [-0.25, -0.2) is 4.79 Å². The molecule has 0 radical (unpaired) electrons. The summed E-state index contributed by atoms with van der Waals surface area (Å²) < 4.78 is 10.2. The summed E-state index contributed by atoms with van der Waals surface area (Å²) in [7, 11) is 4.80. The fraction of sp³-hybridized carbons (Fsp3) is 0.476. The summed E-state index contributed by atoms with van der Waals surface area (Å²) in [4.78, 5) is 28.2. The van der Waals surface area contributed by atoms with Crippen LogP contribution in [0.4, 0.5) is 0 Å². The number of esters is 1. The Morgan fingerprint density at radius 2 is 1.90 bits per heavy atom. The third-order valence-electron chi connectivity index (χ3n) is 4.77. The number of benzene rings is 1. The minimum absolute atomic E-state index is 0.0886. The molecular weight excluding hydrogens is 390 g/mol. The van der Waals surface area contributed by atoms with Gasteiger partial charge in [0.1, 0.15) is 0 Å². The maximum Gasteiger partial charge on any atom is 0.337 e. The molecule has 1 amide bonds. The molecule has 29 heavy (non-hydrogen) atoms. The van der Waals surface area contributed by atoms with Crippen LogP contribution in [-0.4, -0.2) is 67.8 Å². The summed E-state index contributed by atoms with van der Waals surface area (Å²) in [5.74, 6) is -0.491. The number of nitrogens with one attached hydrogen (secondary N) is 1. The Morgan fingerprint density at radius 1 is 1.24 bits per heavy atom. The van der Waals surface area contributed by atoms with E-state index in [4.69, 9.17) is 21.7 Å². The molecule has 0 aromatic heterocycles. The first-order valence-corrected chi connectivity index (χ1v) is 9.99. The zero-order valence-corrected chi connectivity index (χ0v) is 18.5. The highest BCUT2D eigenvalue weighted by molar-refractivity contribution is 7.80. The van der Waals surface area contributed by atoms with E-state index in [0.717, 1.165) is 17.7 Å². The van der Waals surface area contributed by atoms with E-state index in [1.54, 1.807) is 31.1 Å². The van der Waals surface area contributed by atoms with Crippen LogP contribution in [-0.2, 0) is 14.3 Å². The zero-order valence-electron chi connectivity index (χ0n) is 17.7. The van der Waals surface area contributed by atoms with Crippen LogP contribution < -0.4 is 5.32 Å². The van der Waals surface area contributed by atoms with Crippen LogP contribution in [0.3, 0.4) is 0 Å². The molecule has 0 bridgehead atoms. The molecule has 0 spiro atoms. The van der Waals surface area contributed by atoms with Gasteiger partial charge in [0, 0.05) is 39.6 Å². The average molecular weight is 420 g/mol. The number of ether oxygens (including phenoxy) is 2. The number of amides is 1. The van der Waals surface area contributed by atoms with Crippen molar-refractivity contribution < 1.29 is 19.1 Å². The summed E-state index contributed by atoms with van der Waals surface area (Å²) in [6.45, 7) is 5.85. The van der Waals surface area contributed by atoms with Crippen molar-refractivity contribution in [1.82, 2.24) is 15.1 Å². The number of carbonyl (C=O) groups is 2. The van der Waals surface area contributed by atoms with Crippen molar-refractivity contribution in [3.63, 3.8) is 0 Å². The Labute approximate surface area is 177 Å². The lowest BCUT2D eigenvalue weighted by Gasteiger charge is -2.38. The molecule has 1 unspecified atom stereocenters. The molecule has 0 saturated carbocycles. The minimum atomic E-state index is -0.402. The van der Waals surface area contributed by atoms with Gasteiger partial charge in [0.25, 0.3) is 5.91 Å². The number of allylic oxidation sites excluding steroid dienone is 1. The van der Waals surface area contributed by atoms with Crippen molar-refractivity contribution in [2.45, 2.75) is 26.3 Å². The number of rotatable bonds is 8. The molecule has 1 aliphatic rings. The zero-order chi connectivity index (χ0) is 21.6. The maximum absolute atomic E-state index is 13.0. The molecule has 158 valence electrons. The fourth-order valence-electron chi connectivity index (χ4n) is 3.22. The molecular formula is C21H29N3O4S. The van der Waals surface area contributed by atoms with E-state index in [-0.39, 0.29) is 5.91 Å². The number of carbonyl (C=O) groups excluding carboxylic acids is 2. The van der Waals surface area contributed by atoms with Gasteiger partial charge in [0.05, 0.1) is 24.3 Å². The van der Waals surface area contributed by atoms with Gasteiger partial charge >= 0.3 is 5.97 Å². The van der Waals surface area contributed by atoms with Gasteiger partial charge in [-0.05, 0) is 50.2 Å². The predicted octanol–water partition coefficient (Wildman–Crippen LogP) is 2.49. The van der Waals surface area contributed by atoms with E-state index in [0.29, 0.717) is 36.0 Å². The highest BCUT2D eigenvalue weighted by Gasteiger charge is 2.34. The number of methoxy groups -OCH3 is 1. The first kappa shape index (κ1) is 22.8. The van der Waals surface area contributed by atoms with Gasteiger partial charge in [-0.3, -0.25) is 4.79 Å². The van der Waals surface area contributed by atoms with Gasteiger partial charge < -0.3 is 24.6 Å². The van der Waals surface area contributed by atoms with Crippen molar-refractivity contribution >= 4 is 29.2 Å². The molecule has 8 heteroatoms. The van der Waals surface area contributed by atoms with E-state index < -0.39 is 12.0 Å². The third kappa shape index (κ3) is 5.33. The normalized spacial score (nSPS) is 16.5. The number of thiocarbonyl (C=S) groups is 1. The molecule has 0 fully saturated rings. The molecule has 2 rings (SSSR count). The van der Waals surface area contributed by atoms with Gasteiger partial charge in [-0.15, -0.1) is 0 Å². The summed E-state index contributed by atoms with van der Waals surface area (Å²) in [5.41, 5.74) is 2.75. The average Bonchev–Trinajstić information content (AvgIpc) is 2.71. The van der Waals surface area contributed by atoms with Gasteiger partial charge in [0.15, 0.2) is 5.11 Å². The van der Waals surface area contributed by atoms with Gasteiger partial charge in [-0.1, -0.05) is 12.1 Å². The second kappa shape index (κ2) is 10.4. The van der Waals surface area contributed by atoms with Crippen molar-refractivity contribution in [1.29, 1.82) is 0 Å². The Bertz CT molecular complexity index is 790. The Balaban J connectivity index is 2.38. The maximum atomic E-state index is 13.0. The van der Waals surface area contributed by atoms with Gasteiger partial charge in [-0.2, -0.15) is 0 Å². The number of hydrogen-bond acceptors (Lipinski definition) is 5. The molecule has 0 aliphatic carbocycles. The van der Waals surface area contributed by atoms with Crippen LogP contribution in [0.5, 0.6) is 0 Å². The highest BCUT2D eigenvalue weighted by atomic mass is 32.1. The van der Waals surface area contributed by atoms with E-state index in [1.807, 2.05) is 30.9 Å². The van der Waals surface area contributed by atoms with Crippen LogP contribution in [0.2, 0.25) is 0 Å². The molecule has 0 saturated heterocycles.